The van der Waals surface area contributed by atoms with Crippen LogP contribution in [-0.4, -0.2) is 0 Å². The van der Waals surface area contributed by atoms with E-state index >= 15 is 0 Å². The summed E-state index contributed by atoms with van der Waals surface area (Å²) in [7, 11) is 0. The summed E-state index contributed by atoms with van der Waals surface area (Å²) in [6.45, 7) is 0. The van der Waals surface area contributed by atoms with Crippen molar-refractivity contribution < 1.29 is 8.83 Å². The first-order valence-electron chi connectivity index (χ1n) is 13.3. The summed E-state index contributed by atoms with van der Waals surface area (Å²) in [5.74, 6) is 0. The highest BCUT2D eigenvalue weighted by Gasteiger charge is 2.18. The van der Waals surface area contributed by atoms with E-state index in [-0.39, 0.29) is 0 Å². The maximum atomic E-state index is 6.40. The van der Waals surface area contributed by atoms with E-state index in [0.717, 1.165) is 60.9 Å². The van der Waals surface area contributed by atoms with Gasteiger partial charge in [0.15, 0.2) is 0 Å². The molecule has 40 heavy (non-hydrogen) atoms. The number of para-hydroxylation sites is 3. The fourth-order valence-electron chi connectivity index (χ4n) is 6.05. The zero-order valence-corrected chi connectivity index (χ0v) is 22.1. The van der Waals surface area contributed by atoms with E-state index in [1.807, 2.05) is 35.6 Å². The maximum Gasteiger partial charge on any atom is 0.144 e. The van der Waals surface area contributed by atoms with Crippen LogP contribution in [-0.2, 0) is 0 Å². The standard InChI is InChI=1S/C36H21NO2S/c1-2-8-22(9-3-1)37(23-14-16-27-25-10-4-6-12-30(25)38-32(27)20-23)24-15-17-29-34(21-24)40-33-19-18-28-26-11-5-7-13-31(26)39-36(28)35(29)33/h1-21H. The molecule has 0 saturated heterocycles. The Morgan fingerprint density at radius 3 is 1.88 bits per heavy atom. The SMILES string of the molecule is c1ccc(N(c2ccc3c(c2)oc2ccccc23)c2ccc3c(c2)sc2ccc4c5ccccc5oc4c23)cc1. The van der Waals surface area contributed by atoms with Crippen LogP contribution in [0.5, 0.6) is 0 Å². The molecule has 0 radical (unpaired) electrons. The number of nitrogens with zero attached hydrogens (tertiary/aromatic N) is 1. The number of furan rings is 2. The summed E-state index contributed by atoms with van der Waals surface area (Å²) in [6, 6.07) is 44.7. The Morgan fingerprint density at radius 2 is 1.05 bits per heavy atom. The molecule has 0 aliphatic rings. The number of thiophene rings is 1. The van der Waals surface area contributed by atoms with Gasteiger partial charge in [0.05, 0.1) is 0 Å². The number of hydrogen-bond donors (Lipinski definition) is 0. The van der Waals surface area contributed by atoms with Gasteiger partial charge in [-0.05, 0) is 60.7 Å². The zero-order valence-electron chi connectivity index (χ0n) is 21.3. The number of rotatable bonds is 3. The van der Waals surface area contributed by atoms with Crippen molar-refractivity contribution in [2.45, 2.75) is 0 Å². The Bertz CT molecular complexity index is 2390. The smallest absolute Gasteiger partial charge is 0.144 e. The van der Waals surface area contributed by atoms with Crippen LogP contribution < -0.4 is 4.90 Å². The number of fused-ring (bicyclic) bond motifs is 10. The average molecular weight is 532 g/mol. The molecule has 0 aliphatic heterocycles. The topological polar surface area (TPSA) is 29.5 Å². The largest absolute Gasteiger partial charge is 0.456 e. The van der Waals surface area contributed by atoms with Crippen LogP contribution in [0.3, 0.4) is 0 Å². The highest BCUT2D eigenvalue weighted by Crippen LogP contribution is 2.45. The van der Waals surface area contributed by atoms with Gasteiger partial charge in [-0.1, -0.05) is 60.7 Å². The molecule has 3 aromatic heterocycles. The molecule has 0 saturated carbocycles. The van der Waals surface area contributed by atoms with E-state index < -0.39 is 0 Å². The Kier molecular flexibility index (Phi) is 4.48. The van der Waals surface area contributed by atoms with Gasteiger partial charge in [0.2, 0.25) is 0 Å². The van der Waals surface area contributed by atoms with Crippen LogP contribution in [0.15, 0.2) is 136 Å². The van der Waals surface area contributed by atoms with E-state index in [1.54, 1.807) is 0 Å². The quantitative estimate of drug-likeness (QED) is 0.227. The molecule has 4 heteroatoms. The Balaban J connectivity index is 1.26. The Hall–Kier alpha value is -5.06. The molecule has 9 rings (SSSR count). The normalized spacial score (nSPS) is 12.0. The summed E-state index contributed by atoms with van der Waals surface area (Å²) in [5, 5.41) is 6.99. The van der Waals surface area contributed by atoms with Crippen molar-refractivity contribution in [3.63, 3.8) is 0 Å². The lowest BCUT2D eigenvalue weighted by Gasteiger charge is -2.25. The summed E-state index contributed by atoms with van der Waals surface area (Å²) >= 11 is 1.81. The molecule has 188 valence electrons. The van der Waals surface area contributed by atoms with E-state index in [0.29, 0.717) is 0 Å². The second kappa shape index (κ2) is 8.22. The molecule has 3 nitrogen and oxygen atoms in total. The molecule has 0 bridgehead atoms. The highest BCUT2D eigenvalue weighted by molar-refractivity contribution is 7.26. The van der Waals surface area contributed by atoms with Gasteiger partial charge >= 0.3 is 0 Å². The van der Waals surface area contributed by atoms with Crippen LogP contribution in [0.25, 0.3) is 64.0 Å². The third-order valence-electron chi connectivity index (χ3n) is 7.86. The molecule has 0 amide bonds. The molecule has 0 atom stereocenters. The molecule has 0 unspecified atom stereocenters. The number of benzene rings is 6. The Morgan fingerprint density at radius 1 is 0.425 bits per heavy atom. The number of anilines is 3. The van der Waals surface area contributed by atoms with E-state index in [9.17, 15) is 0 Å². The Labute approximate surface area is 233 Å². The van der Waals surface area contributed by atoms with Gasteiger partial charge in [0.1, 0.15) is 22.3 Å². The van der Waals surface area contributed by atoms with E-state index in [4.69, 9.17) is 8.83 Å². The fraction of sp³-hybridized carbons (Fsp3) is 0. The minimum absolute atomic E-state index is 0.884. The molecule has 9 aromatic rings. The second-order valence-electron chi connectivity index (χ2n) is 10.1. The second-order valence-corrected chi connectivity index (χ2v) is 11.2. The van der Waals surface area contributed by atoms with Crippen molar-refractivity contribution in [1.29, 1.82) is 0 Å². The lowest BCUT2D eigenvalue weighted by molar-refractivity contribution is 0.669. The maximum absolute atomic E-state index is 6.40. The van der Waals surface area contributed by atoms with Crippen LogP contribution in [0.4, 0.5) is 17.1 Å². The van der Waals surface area contributed by atoms with E-state index in [2.05, 4.69) is 108 Å². The average Bonchev–Trinajstić information content (AvgIpc) is 3.68. The first-order chi connectivity index (χ1) is 19.8. The van der Waals surface area contributed by atoms with Gasteiger partial charge in [-0.25, -0.2) is 0 Å². The minimum Gasteiger partial charge on any atom is -0.456 e. The monoisotopic (exact) mass is 531 g/mol. The summed E-state index contributed by atoms with van der Waals surface area (Å²) < 4.78 is 15.1. The molecule has 0 aliphatic carbocycles. The first-order valence-corrected chi connectivity index (χ1v) is 14.2. The highest BCUT2D eigenvalue weighted by atomic mass is 32.1. The van der Waals surface area contributed by atoms with Gasteiger partial charge in [-0.15, -0.1) is 11.3 Å². The van der Waals surface area contributed by atoms with Crippen molar-refractivity contribution in [3.8, 4) is 0 Å². The molecular weight excluding hydrogens is 510 g/mol. The third-order valence-corrected chi connectivity index (χ3v) is 8.97. The van der Waals surface area contributed by atoms with Gasteiger partial charge in [-0.3, -0.25) is 0 Å². The lowest BCUT2D eigenvalue weighted by atomic mass is 10.1. The molecule has 3 heterocycles. The predicted octanol–water partition coefficient (Wildman–Crippen LogP) is 11.3. The van der Waals surface area contributed by atoms with Crippen molar-refractivity contribution in [2.75, 3.05) is 4.90 Å². The molecule has 0 N–H and O–H groups in total. The van der Waals surface area contributed by atoms with Crippen LogP contribution in [0.2, 0.25) is 0 Å². The third kappa shape index (κ3) is 3.11. The van der Waals surface area contributed by atoms with Gasteiger partial charge in [0, 0.05) is 64.8 Å². The van der Waals surface area contributed by atoms with Gasteiger partial charge in [0.25, 0.3) is 0 Å². The molecule has 0 fully saturated rings. The summed E-state index contributed by atoms with van der Waals surface area (Å²) in [5.41, 5.74) is 6.93. The van der Waals surface area contributed by atoms with E-state index in [1.165, 1.54) is 20.2 Å². The fourth-order valence-corrected chi connectivity index (χ4v) is 7.19. The molecule has 0 spiro atoms. The van der Waals surface area contributed by atoms with Gasteiger partial charge < -0.3 is 13.7 Å². The minimum atomic E-state index is 0.884. The van der Waals surface area contributed by atoms with Crippen molar-refractivity contribution in [1.82, 2.24) is 0 Å². The van der Waals surface area contributed by atoms with Crippen molar-refractivity contribution >= 4 is 92.4 Å². The summed E-state index contributed by atoms with van der Waals surface area (Å²) in [6.07, 6.45) is 0. The van der Waals surface area contributed by atoms with Crippen molar-refractivity contribution in [3.05, 3.63) is 127 Å². The summed E-state index contributed by atoms with van der Waals surface area (Å²) in [4.78, 5) is 2.30. The molecule has 6 aromatic carbocycles. The molecular formula is C36H21NO2S. The van der Waals surface area contributed by atoms with Crippen LogP contribution >= 0.6 is 11.3 Å². The predicted molar refractivity (Wildman–Crippen MR) is 169 cm³/mol. The van der Waals surface area contributed by atoms with Gasteiger partial charge in [-0.2, -0.15) is 0 Å². The van der Waals surface area contributed by atoms with Crippen LogP contribution in [0.1, 0.15) is 0 Å². The zero-order chi connectivity index (χ0) is 26.2. The van der Waals surface area contributed by atoms with Crippen molar-refractivity contribution in [2.24, 2.45) is 0 Å². The first kappa shape index (κ1) is 21.8. The lowest BCUT2D eigenvalue weighted by Crippen LogP contribution is -2.09. The van der Waals surface area contributed by atoms with Crippen LogP contribution in [0, 0.1) is 0 Å². The number of hydrogen-bond acceptors (Lipinski definition) is 4.